The van der Waals surface area contributed by atoms with Crippen LogP contribution in [0, 0.1) is 18.6 Å². The molecular weight excluding hydrogens is 240 g/mol. The van der Waals surface area contributed by atoms with Gasteiger partial charge in [0.15, 0.2) is 11.7 Å². The van der Waals surface area contributed by atoms with Crippen LogP contribution in [0.4, 0.5) is 8.78 Å². The Morgan fingerprint density at radius 1 is 1.22 bits per heavy atom. The van der Waals surface area contributed by atoms with Crippen LogP contribution in [-0.2, 0) is 0 Å². The fraction of sp³-hybridized carbons (Fsp3) is 0.0769. The third kappa shape index (κ3) is 2.07. The molecule has 0 aliphatic carbocycles. The largest absolute Gasteiger partial charge is 0.318 e. The molecule has 3 nitrogen and oxygen atoms in total. The number of nitrogens with zero attached hydrogens (tertiary/aromatic N) is 1. The van der Waals surface area contributed by atoms with Gasteiger partial charge in [0.05, 0.1) is 11.3 Å². The zero-order chi connectivity index (χ0) is 13.3. The molecular formula is C13H9F2NO2. The van der Waals surface area contributed by atoms with Crippen LogP contribution in [0.1, 0.15) is 16.1 Å². The van der Waals surface area contributed by atoms with E-state index in [9.17, 15) is 18.4 Å². The molecule has 1 aromatic carbocycles. The summed E-state index contributed by atoms with van der Waals surface area (Å²) in [6.07, 6.45) is 1.64. The third-order valence-corrected chi connectivity index (χ3v) is 2.57. The summed E-state index contributed by atoms with van der Waals surface area (Å²) in [5.41, 5.74) is 0.0266. The van der Waals surface area contributed by atoms with E-state index in [1.165, 1.54) is 22.9 Å². The number of hydrogen-bond donors (Lipinski definition) is 0. The third-order valence-electron chi connectivity index (χ3n) is 2.57. The summed E-state index contributed by atoms with van der Waals surface area (Å²) < 4.78 is 27.8. The van der Waals surface area contributed by atoms with Crippen molar-refractivity contribution >= 4 is 6.29 Å². The molecule has 0 spiro atoms. The maximum atomic E-state index is 13.6. The first-order chi connectivity index (χ1) is 8.52. The van der Waals surface area contributed by atoms with Gasteiger partial charge in [-0.1, -0.05) is 0 Å². The standard InChI is InChI=1S/C13H9F2NO2/c1-8-4-13(18)9(7-17)6-16(8)12-3-2-10(14)5-11(12)15/h2-7H,1H3. The monoisotopic (exact) mass is 249 g/mol. The van der Waals surface area contributed by atoms with Gasteiger partial charge in [-0.25, -0.2) is 8.78 Å². The van der Waals surface area contributed by atoms with Crippen molar-refractivity contribution in [2.24, 2.45) is 0 Å². The Balaban J connectivity index is 2.70. The maximum Gasteiger partial charge on any atom is 0.192 e. The molecule has 1 aromatic heterocycles. The van der Waals surface area contributed by atoms with E-state index < -0.39 is 17.1 Å². The van der Waals surface area contributed by atoms with Gasteiger partial charge < -0.3 is 4.57 Å². The molecule has 0 aliphatic heterocycles. The number of aldehydes is 1. The van der Waals surface area contributed by atoms with Gasteiger partial charge in [0, 0.05) is 24.0 Å². The van der Waals surface area contributed by atoms with Gasteiger partial charge in [-0.15, -0.1) is 0 Å². The molecule has 0 bridgehead atoms. The highest BCUT2D eigenvalue weighted by molar-refractivity contribution is 5.74. The first kappa shape index (κ1) is 12.2. The zero-order valence-electron chi connectivity index (χ0n) is 9.48. The van der Waals surface area contributed by atoms with Gasteiger partial charge in [0.1, 0.15) is 11.6 Å². The minimum atomic E-state index is -0.765. The molecule has 0 N–H and O–H groups in total. The number of hydrogen-bond acceptors (Lipinski definition) is 2. The quantitative estimate of drug-likeness (QED) is 0.765. The van der Waals surface area contributed by atoms with Gasteiger partial charge in [-0.05, 0) is 19.1 Å². The molecule has 18 heavy (non-hydrogen) atoms. The number of rotatable bonds is 2. The Labute approximate surface area is 101 Å². The normalized spacial score (nSPS) is 10.4. The Morgan fingerprint density at radius 2 is 1.94 bits per heavy atom. The molecule has 92 valence electrons. The predicted octanol–water partition coefficient (Wildman–Crippen LogP) is 2.24. The Morgan fingerprint density at radius 3 is 2.56 bits per heavy atom. The molecule has 0 fully saturated rings. The fourth-order valence-corrected chi connectivity index (χ4v) is 1.67. The van der Waals surface area contributed by atoms with Crippen LogP contribution in [0.25, 0.3) is 5.69 Å². The van der Waals surface area contributed by atoms with Crippen LogP contribution < -0.4 is 5.43 Å². The lowest BCUT2D eigenvalue weighted by Gasteiger charge is -2.12. The molecule has 0 amide bonds. The van der Waals surface area contributed by atoms with Gasteiger partial charge in [0.25, 0.3) is 0 Å². The van der Waals surface area contributed by atoms with Crippen molar-refractivity contribution in [1.29, 1.82) is 0 Å². The van der Waals surface area contributed by atoms with E-state index in [0.717, 1.165) is 12.1 Å². The Hall–Kier alpha value is -2.30. The lowest BCUT2D eigenvalue weighted by Crippen LogP contribution is -2.14. The number of pyridine rings is 1. The van der Waals surface area contributed by atoms with Gasteiger partial charge in [-0.3, -0.25) is 9.59 Å². The van der Waals surface area contributed by atoms with Crippen LogP contribution >= 0.6 is 0 Å². The lowest BCUT2D eigenvalue weighted by atomic mass is 10.2. The average Bonchev–Trinajstić information content (AvgIpc) is 2.30. The molecule has 0 unspecified atom stereocenters. The van der Waals surface area contributed by atoms with Crippen molar-refractivity contribution in [1.82, 2.24) is 4.57 Å². The van der Waals surface area contributed by atoms with Crippen LogP contribution in [-0.4, -0.2) is 10.9 Å². The second-order valence-corrected chi connectivity index (χ2v) is 3.82. The lowest BCUT2D eigenvalue weighted by molar-refractivity contribution is 0.112. The molecule has 2 rings (SSSR count). The van der Waals surface area contributed by atoms with Crippen molar-refractivity contribution in [2.45, 2.75) is 6.92 Å². The molecule has 5 heteroatoms. The Bertz CT molecular complexity index is 677. The van der Waals surface area contributed by atoms with Gasteiger partial charge in [-0.2, -0.15) is 0 Å². The van der Waals surface area contributed by atoms with Gasteiger partial charge >= 0.3 is 0 Å². The summed E-state index contributed by atoms with van der Waals surface area (Å²) in [6.45, 7) is 1.60. The number of carbonyl (C=O) groups excluding carboxylic acids is 1. The highest BCUT2D eigenvalue weighted by Crippen LogP contribution is 2.16. The number of benzene rings is 1. The topological polar surface area (TPSA) is 39.1 Å². The van der Waals surface area contributed by atoms with Crippen LogP contribution in [0.3, 0.4) is 0 Å². The fourth-order valence-electron chi connectivity index (χ4n) is 1.67. The number of halogens is 2. The summed E-state index contributed by atoms with van der Waals surface area (Å²) in [7, 11) is 0. The van der Waals surface area contributed by atoms with Crippen LogP contribution in [0.5, 0.6) is 0 Å². The summed E-state index contributed by atoms with van der Waals surface area (Å²) in [4.78, 5) is 22.1. The molecule has 1 heterocycles. The number of aromatic nitrogens is 1. The molecule has 0 aliphatic rings. The second-order valence-electron chi connectivity index (χ2n) is 3.82. The van der Waals surface area contributed by atoms with Crippen molar-refractivity contribution < 1.29 is 13.6 Å². The van der Waals surface area contributed by atoms with E-state index in [2.05, 4.69) is 0 Å². The first-order valence-corrected chi connectivity index (χ1v) is 5.17. The molecule has 0 saturated heterocycles. The van der Waals surface area contributed by atoms with Crippen molar-refractivity contribution in [3.63, 3.8) is 0 Å². The van der Waals surface area contributed by atoms with Crippen molar-refractivity contribution in [3.05, 3.63) is 63.6 Å². The zero-order valence-corrected chi connectivity index (χ0v) is 9.48. The Kier molecular flexibility index (Phi) is 3.06. The minimum Gasteiger partial charge on any atom is -0.318 e. The van der Waals surface area contributed by atoms with E-state index in [-0.39, 0.29) is 11.3 Å². The molecule has 0 atom stereocenters. The summed E-state index contributed by atoms with van der Waals surface area (Å²) in [6, 6.07) is 4.33. The summed E-state index contributed by atoms with van der Waals surface area (Å²) in [5.74, 6) is -1.45. The van der Waals surface area contributed by atoms with E-state index in [1.807, 2.05) is 0 Å². The van der Waals surface area contributed by atoms with Crippen molar-refractivity contribution in [2.75, 3.05) is 0 Å². The highest BCUT2D eigenvalue weighted by Gasteiger charge is 2.09. The van der Waals surface area contributed by atoms with Crippen LogP contribution in [0.15, 0.2) is 35.3 Å². The molecule has 0 radical (unpaired) electrons. The second kappa shape index (κ2) is 4.52. The van der Waals surface area contributed by atoms with Crippen LogP contribution in [0.2, 0.25) is 0 Å². The summed E-state index contributed by atoms with van der Waals surface area (Å²) >= 11 is 0. The maximum absolute atomic E-state index is 13.6. The first-order valence-electron chi connectivity index (χ1n) is 5.17. The highest BCUT2D eigenvalue weighted by atomic mass is 19.1. The molecule has 0 saturated carbocycles. The average molecular weight is 249 g/mol. The number of aryl methyl sites for hydroxylation is 1. The SMILES string of the molecule is Cc1cc(=O)c(C=O)cn1-c1ccc(F)cc1F. The summed E-state index contributed by atoms with van der Waals surface area (Å²) in [5, 5.41) is 0. The van der Waals surface area contributed by atoms with Crippen molar-refractivity contribution in [3.8, 4) is 5.69 Å². The van der Waals surface area contributed by atoms with Gasteiger partial charge in [0.2, 0.25) is 0 Å². The number of carbonyl (C=O) groups is 1. The smallest absolute Gasteiger partial charge is 0.192 e. The van der Waals surface area contributed by atoms with E-state index in [0.29, 0.717) is 12.0 Å². The van der Waals surface area contributed by atoms with E-state index in [1.54, 1.807) is 6.92 Å². The minimum absolute atomic E-state index is 0.0793. The van der Waals surface area contributed by atoms with E-state index in [4.69, 9.17) is 0 Å². The predicted molar refractivity (Wildman–Crippen MR) is 62.1 cm³/mol. The van der Waals surface area contributed by atoms with E-state index >= 15 is 0 Å². The molecule has 2 aromatic rings.